The zero-order valence-corrected chi connectivity index (χ0v) is 9.10. The number of nitrogens with two attached hydrogens (primary N) is 1. The Morgan fingerprint density at radius 3 is 2.79 bits per heavy atom. The van der Waals surface area contributed by atoms with Gasteiger partial charge in [-0.05, 0) is 19.8 Å². The average Bonchev–Trinajstić information content (AvgIpc) is 2.60. The summed E-state index contributed by atoms with van der Waals surface area (Å²) in [5.41, 5.74) is 7.10. The Bertz CT molecular complexity index is 272. The van der Waals surface area contributed by atoms with Gasteiger partial charge in [0, 0.05) is 32.0 Å². The maximum absolute atomic E-state index is 6.00. The van der Waals surface area contributed by atoms with E-state index in [1.165, 1.54) is 0 Å². The molecule has 2 unspecified atom stereocenters. The number of hydrogen-bond donors (Lipinski definition) is 1. The van der Waals surface area contributed by atoms with Crippen LogP contribution in [0.15, 0.2) is 12.4 Å². The third kappa shape index (κ3) is 3.12. The molecule has 0 saturated carbocycles. The van der Waals surface area contributed by atoms with Crippen molar-refractivity contribution in [2.75, 3.05) is 7.11 Å². The summed E-state index contributed by atoms with van der Waals surface area (Å²) >= 11 is 0. The van der Waals surface area contributed by atoms with Crippen molar-refractivity contribution in [2.24, 2.45) is 12.8 Å². The standard InChI is InChI=1S/C10H19N3O/c1-8(14-3)4-5-10(11)9-6-12-13(2)7-9/h6-8,10H,4-5,11H2,1-3H3. The second-order valence-corrected chi connectivity index (χ2v) is 3.68. The summed E-state index contributed by atoms with van der Waals surface area (Å²) in [7, 11) is 3.62. The summed E-state index contributed by atoms with van der Waals surface area (Å²) in [5, 5.41) is 4.09. The number of methoxy groups -OCH3 is 1. The molecule has 0 aromatic carbocycles. The van der Waals surface area contributed by atoms with Crippen LogP contribution in [0.25, 0.3) is 0 Å². The van der Waals surface area contributed by atoms with E-state index in [0.29, 0.717) is 0 Å². The van der Waals surface area contributed by atoms with Crippen LogP contribution in [0.3, 0.4) is 0 Å². The van der Waals surface area contributed by atoms with Gasteiger partial charge in [0.25, 0.3) is 0 Å². The van der Waals surface area contributed by atoms with Crippen LogP contribution in [0.1, 0.15) is 31.4 Å². The van der Waals surface area contributed by atoms with Crippen molar-refractivity contribution >= 4 is 0 Å². The molecule has 1 aromatic rings. The smallest absolute Gasteiger partial charge is 0.0543 e. The molecule has 1 heterocycles. The van der Waals surface area contributed by atoms with Gasteiger partial charge in [-0.1, -0.05) is 0 Å². The lowest BCUT2D eigenvalue weighted by molar-refractivity contribution is 0.107. The lowest BCUT2D eigenvalue weighted by Crippen LogP contribution is -2.13. The van der Waals surface area contributed by atoms with Crippen molar-refractivity contribution in [1.29, 1.82) is 0 Å². The minimum absolute atomic E-state index is 0.0706. The highest BCUT2D eigenvalue weighted by atomic mass is 16.5. The van der Waals surface area contributed by atoms with Crippen LogP contribution >= 0.6 is 0 Å². The van der Waals surface area contributed by atoms with Gasteiger partial charge in [0.05, 0.1) is 12.3 Å². The van der Waals surface area contributed by atoms with Crippen molar-refractivity contribution in [3.05, 3.63) is 18.0 Å². The van der Waals surface area contributed by atoms with Crippen molar-refractivity contribution in [3.63, 3.8) is 0 Å². The van der Waals surface area contributed by atoms with Crippen molar-refractivity contribution in [2.45, 2.75) is 31.9 Å². The summed E-state index contributed by atoms with van der Waals surface area (Å²) in [4.78, 5) is 0. The number of rotatable bonds is 5. The Morgan fingerprint density at radius 2 is 2.29 bits per heavy atom. The molecule has 2 N–H and O–H groups in total. The van der Waals surface area contributed by atoms with Gasteiger partial charge >= 0.3 is 0 Å². The Kier molecular flexibility index (Phi) is 4.10. The predicted molar refractivity (Wildman–Crippen MR) is 55.8 cm³/mol. The number of hydrogen-bond acceptors (Lipinski definition) is 3. The SMILES string of the molecule is COC(C)CCC(N)c1cnn(C)c1. The summed E-state index contributed by atoms with van der Waals surface area (Å²) in [6, 6.07) is 0.0706. The van der Waals surface area contributed by atoms with E-state index in [1.807, 2.05) is 19.4 Å². The van der Waals surface area contributed by atoms with Crippen LogP contribution in [0.4, 0.5) is 0 Å². The van der Waals surface area contributed by atoms with Gasteiger partial charge in [0.2, 0.25) is 0 Å². The highest BCUT2D eigenvalue weighted by Gasteiger charge is 2.09. The fourth-order valence-corrected chi connectivity index (χ4v) is 1.33. The maximum Gasteiger partial charge on any atom is 0.0543 e. The molecule has 0 fully saturated rings. The Morgan fingerprint density at radius 1 is 1.57 bits per heavy atom. The minimum Gasteiger partial charge on any atom is -0.382 e. The van der Waals surface area contributed by atoms with E-state index in [0.717, 1.165) is 18.4 Å². The zero-order valence-electron chi connectivity index (χ0n) is 9.10. The lowest BCUT2D eigenvalue weighted by atomic mass is 10.0. The van der Waals surface area contributed by atoms with E-state index in [9.17, 15) is 0 Å². The van der Waals surface area contributed by atoms with E-state index >= 15 is 0 Å². The molecule has 0 amide bonds. The van der Waals surface area contributed by atoms with Crippen LogP contribution < -0.4 is 5.73 Å². The van der Waals surface area contributed by atoms with Gasteiger partial charge in [-0.15, -0.1) is 0 Å². The Balaban J connectivity index is 2.39. The van der Waals surface area contributed by atoms with E-state index < -0.39 is 0 Å². The van der Waals surface area contributed by atoms with E-state index in [1.54, 1.807) is 11.8 Å². The Labute approximate surface area is 85.0 Å². The molecular formula is C10H19N3O. The molecule has 1 rings (SSSR count). The number of nitrogens with zero attached hydrogens (tertiary/aromatic N) is 2. The average molecular weight is 197 g/mol. The minimum atomic E-state index is 0.0706. The third-order valence-electron chi connectivity index (χ3n) is 2.44. The van der Waals surface area contributed by atoms with Crippen LogP contribution in [0.5, 0.6) is 0 Å². The molecule has 0 saturated heterocycles. The van der Waals surface area contributed by atoms with Crippen molar-refractivity contribution in [1.82, 2.24) is 9.78 Å². The fraction of sp³-hybridized carbons (Fsp3) is 0.700. The van der Waals surface area contributed by atoms with Gasteiger partial charge in [-0.3, -0.25) is 4.68 Å². The van der Waals surface area contributed by atoms with E-state index in [4.69, 9.17) is 10.5 Å². The van der Waals surface area contributed by atoms with Gasteiger partial charge in [0.1, 0.15) is 0 Å². The Hall–Kier alpha value is -0.870. The first-order valence-electron chi connectivity index (χ1n) is 4.90. The number of aromatic nitrogens is 2. The molecule has 4 heteroatoms. The summed E-state index contributed by atoms with van der Waals surface area (Å²) < 4.78 is 6.94. The second-order valence-electron chi connectivity index (χ2n) is 3.68. The highest BCUT2D eigenvalue weighted by molar-refractivity contribution is 5.09. The molecule has 0 radical (unpaired) electrons. The highest BCUT2D eigenvalue weighted by Crippen LogP contribution is 2.16. The van der Waals surface area contributed by atoms with Gasteiger partial charge < -0.3 is 10.5 Å². The molecule has 0 spiro atoms. The van der Waals surface area contributed by atoms with Crippen molar-refractivity contribution in [3.8, 4) is 0 Å². The topological polar surface area (TPSA) is 53.1 Å². The van der Waals surface area contributed by atoms with Gasteiger partial charge in [-0.2, -0.15) is 5.10 Å². The summed E-state index contributed by atoms with van der Waals surface area (Å²) in [6.45, 7) is 2.05. The zero-order chi connectivity index (χ0) is 10.6. The molecule has 2 atom stereocenters. The van der Waals surface area contributed by atoms with E-state index in [2.05, 4.69) is 12.0 Å². The molecular weight excluding hydrogens is 178 g/mol. The molecule has 0 aliphatic carbocycles. The quantitative estimate of drug-likeness (QED) is 0.772. The van der Waals surface area contributed by atoms with Gasteiger partial charge in [-0.25, -0.2) is 0 Å². The summed E-state index contributed by atoms with van der Waals surface area (Å²) in [6.07, 6.45) is 5.97. The molecule has 0 bridgehead atoms. The first-order valence-corrected chi connectivity index (χ1v) is 4.90. The number of ether oxygens (including phenoxy) is 1. The third-order valence-corrected chi connectivity index (χ3v) is 2.44. The first kappa shape index (κ1) is 11.2. The number of aryl methyl sites for hydroxylation is 1. The van der Waals surface area contributed by atoms with E-state index in [-0.39, 0.29) is 12.1 Å². The summed E-state index contributed by atoms with van der Waals surface area (Å²) in [5.74, 6) is 0. The maximum atomic E-state index is 6.00. The molecule has 0 aliphatic heterocycles. The van der Waals surface area contributed by atoms with Crippen LogP contribution in [-0.2, 0) is 11.8 Å². The fourth-order valence-electron chi connectivity index (χ4n) is 1.33. The molecule has 80 valence electrons. The lowest BCUT2D eigenvalue weighted by Gasteiger charge is -2.12. The molecule has 4 nitrogen and oxygen atoms in total. The first-order chi connectivity index (χ1) is 6.63. The largest absolute Gasteiger partial charge is 0.382 e. The second kappa shape index (κ2) is 5.12. The van der Waals surface area contributed by atoms with Crippen LogP contribution in [0, 0.1) is 0 Å². The molecule has 0 aliphatic rings. The normalized spacial score (nSPS) is 15.4. The van der Waals surface area contributed by atoms with Crippen molar-refractivity contribution < 1.29 is 4.74 Å². The van der Waals surface area contributed by atoms with Crippen LogP contribution in [0.2, 0.25) is 0 Å². The van der Waals surface area contributed by atoms with Gasteiger partial charge in [0.15, 0.2) is 0 Å². The molecule has 14 heavy (non-hydrogen) atoms. The van der Waals surface area contributed by atoms with Crippen LogP contribution in [-0.4, -0.2) is 23.0 Å². The molecule has 1 aromatic heterocycles. The monoisotopic (exact) mass is 197 g/mol. The predicted octanol–water partition coefficient (Wildman–Crippen LogP) is 1.23.